The van der Waals surface area contributed by atoms with E-state index in [0.29, 0.717) is 18.0 Å². The highest BCUT2D eigenvalue weighted by Gasteiger charge is 2.06. The summed E-state index contributed by atoms with van der Waals surface area (Å²) in [5.74, 6) is 1.49. The first-order valence-electron chi connectivity index (χ1n) is 7.15. The summed E-state index contributed by atoms with van der Waals surface area (Å²) in [5, 5.41) is 12.4. The van der Waals surface area contributed by atoms with Crippen molar-refractivity contribution in [1.82, 2.24) is 4.98 Å². The van der Waals surface area contributed by atoms with Gasteiger partial charge in [0.05, 0.1) is 12.2 Å². The second-order valence-electron chi connectivity index (χ2n) is 4.62. The van der Waals surface area contributed by atoms with Gasteiger partial charge in [0.25, 0.3) is 0 Å². The van der Waals surface area contributed by atoms with E-state index in [1.54, 1.807) is 6.20 Å². The fraction of sp³-hybridized carbons (Fsp3) is 0.294. The molecule has 0 amide bonds. The minimum atomic E-state index is 0.565. The van der Waals surface area contributed by atoms with E-state index < -0.39 is 0 Å². The van der Waals surface area contributed by atoms with E-state index in [-0.39, 0.29) is 0 Å². The fourth-order valence-electron chi connectivity index (χ4n) is 2.00. The van der Waals surface area contributed by atoms with Gasteiger partial charge in [-0.2, -0.15) is 5.26 Å². The van der Waals surface area contributed by atoms with E-state index >= 15 is 0 Å². The van der Waals surface area contributed by atoms with E-state index in [1.807, 2.05) is 37.3 Å². The van der Waals surface area contributed by atoms with Gasteiger partial charge in [0, 0.05) is 18.3 Å². The smallest absolute Gasteiger partial charge is 0.143 e. The minimum absolute atomic E-state index is 0.565. The topological polar surface area (TPSA) is 57.9 Å². The molecule has 1 aromatic heterocycles. The van der Waals surface area contributed by atoms with Crippen LogP contribution in [0.2, 0.25) is 0 Å². The minimum Gasteiger partial charge on any atom is -0.494 e. The molecule has 0 aliphatic rings. The molecule has 0 fully saturated rings. The lowest BCUT2D eigenvalue weighted by Crippen LogP contribution is -2.04. The molecule has 1 heterocycles. The summed E-state index contributed by atoms with van der Waals surface area (Å²) in [7, 11) is 0. The van der Waals surface area contributed by atoms with Gasteiger partial charge in [-0.15, -0.1) is 0 Å². The van der Waals surface area contributed by atoms with Gasteiger partial charge in [0.2, 0.25) is 0 Å². The van der Waals surface area contributed by atoms with Crippen LogP contribution >= 0.6 is 0 Å². The van der Waals surface area contributed by atoms with E-state index in [1.165, 1.54) is 0 Å². The number of aromatic nitrogens is 1. The van der Waals surface area contributed by atoms with Crippen LogP contribution in [0.1, 0.15) is 25.8 Å². The number of nitrogens with one attached hydrogen (secondary N) is 1. The quantitative estimate of drug-likeness (QED) is 0.874. The van der Waals surface area contributed by atoms with Gasteiger partial charge < -0.3 is 10.1 Å². The monoisotopic (exact) mass is 281 g/mol. The first kappa shape index (κ1) is 14.9. The molecule has 0 radical (unpaired) electrons. The third kappa shape index (κ3) is 3.73. The predicted molar refractivity (Wildman–Crippen MR) is 84.3 cm³/mol. The number of hydrogen-bond donors (Lipinski definition) is 1. The highest BCUT2D eigenvalue weighted by atomic mass is 16.5. The molecule has 2 aromatic rings. The number of benzene rings is 1. The summed E-state index contributed by atoms with van der Waals surface area (Å²) in [6.45, 7) is 5.49. The summed E-state index contributed by atoms with van der Waals surface area (Å²) in [6.07, 6.45) is 2.78. The molecule has 2 rings (SSSR count). The number of ether oxygens (including phenoxy) is 1. The summed E-state index contributed by atoms with van der Waals surface area (Å²) in [4.78, 5) is 4.36. The summed E-state index contributed by atoms with van der Waals surface area (Å²) in [6, 6.07) is 11.9. The Bertz CT molecular complexity index is 629. The lowest BCUT2D eigenvalue weighted by Gasteiger charge is -2.09. The average molecular weight is 281 g/mol. The average Bonchev–Trinajstić information content (AvgIpc) is 2.54. The molecule has 1 N–H and O–H groups in total. The Labute approximate surface area is 125 Å². The molecule has 0 bridgehead atoms. The van der Waals surface area contributed by atoms with E-state index in [9.17, 15) is 5.26 Å². The highest BCUT2D eigenvalue weighted by Crippen LogP contribution is 2.25. The molecular weight excluding hydrogens is 262 g/mol. The van der Waals surface area contributed by atoms with Crippen molar-refractivity contribution in [2.45, 2.75) is 20.3 Å². The molecular formula is C17H19N3O. The van der Waals surface area contributed by atoms with Crippen LogP contribution in [0.3, 0.4) is 0 Å². The van der Waals surface area contributed by atoms with E-state index in [2.05, 4.69) is 23.3 Å². The molecule has 0 spiro atoms. The Hall–Kier alpha value is -2.54. The fourth-order valence-corrected chi connectivity index (χ4v) is 2.00. The van der Waals surface area contributed by atoms with Crippen LogP contribution in [0.15, 0.2) is 36.5 Å². The molecule has 108 valence electrons. The van der Waals surface area contributed by atoms with Gasteiger partial charge in [0.15, 0.2) is 0 Å². The Balaban J connectivity index is 2.26. The lowest BCUT2D eigenvalue weighted by atomic mass is 10.1. The zero-order valence-corrected chi connectivity index (χ0v) is 12.4. The van der Waals surface area contributed by atoms with Crippen molar-refractivity contribution in [2.75, 3.05) is 18.5 Å². The second-order valence-corrected chi connectivity index (χ2v) is 4.62. The molecule has 0 aliphatic carbocycles. The lowest BCUT2D eigenvalue weighted by molar-refractivity contribution is 0.340. The van der Waals surface area contributed by atoms with Crippen LogP contribution < -0.4 is 10.1 Å². The maximum atomic E-state index is 9.25. The van der Waals surface area contributed by atoms with Crippen molar-refractivity contribution in [2.24, 2.45) is 0 Å². The molecule has 0 saturated carbocycles. The predicted octanol–water partition coefficient (Wildman–Crippen LogP) is 3.84. The van der Waals surface area contributed by atoms with Crippen molar-refractivity contribution in [1.29, 1.82) is 5.26 Å². The molecule has 0 unspecified atom stereocenters. The van der Waals surface area contributed by atoms with Gasteiger partial charge >= 0.3 is 0 Å². The molecule has 21 heavy (non-hydrogen) atoms. The van der Waals surface area contributed by atoms with Gasteiger partial charge in [0.1, 0.15) is 17.6 Å². The summed E-state index contributed by atoms with van der Waals surface area (Å²) >= 11 is 0. The van der Waals surface area contributed by atoms with Crippen molar-refractivity contribution in [3.63, 3.8) is 0 Å². The van der Waals surface area contributed by atoms with Gasteiger partial charge in [-0.1, -0.05) is 19.1 Å². The largest absolute Gasteiger partial charge is 0.494 e. The Kier molecular flexibility index (Phi) is 5.16. The molecule has 0 saturated heterocycles. The number of nitrogens with zero attached hydrogens (tertiary/aromatic N) is 2. The van der Waals surface area contributed by atoms with Crippen molar-refractivity contribution in [3.8, 4) is 22.9 Å². The maximum Gasteiger partial charge on any atom is 0.143 e. The van der Waals surface area contributed by atoms with Gasteiger partial charge in [-0.25, -0.2) is 4.98 Å². The Morgan fingerprint density at radius 1 is 1.19 bits per heavy atom. The van der Waals surface area contributed by atoms with Crippen molar-refractivity contribution < 1.29 is 4.74 Å². The van der Waals surface area contributed by atoms with Crippen LogP contribution in [0.4, 0.5) is 5.82 Å². The first-order chi connectivity index (χ1) is 10.3. The summed E-state index contributed by atoms with van der Waals surface area (Å²) < 4.78 is 5.43. The zero-order valence-electron chi connectivity index (χ0n) is 12.4. The second kappa shape index (κ2) is 7.30. The highest BCUT2D eigenvalue weighted by molar-refractivity contribution is 5.68. The number of hydrogen-bond acceptors (Lipinski definition) is 4. The summed E-state index contributed by atoms with van der Waals surface area (Å²) in [5.41, 5.74) is 2.51. The van der Waals surface area contributed by atoms with Gasteiger partial charge in [-0.3, -0.25) is 0 Å². The molecule has 4 heteroatoms. The maximum absolute atomic E-state index is 9.25. The molecule has 1 aromatic carbocycles. The molecule has 4 nitrogen and oxygen atoms in total. The third-order valence-corrected chi connectivity index (χ3v) is 3.05. The van der Waals surface area contributed by atoms with Crippen LogP contribution in [0.25, 0.3) is 11.1 Å². The molecule has 0 aliphatic heterocycles. The Morgan fingerprint density at radius 3 is 2.57 bits per heavy atom. The van der Waals surface area contributed by atoms with Crippen LogP contribution in [0.5, 0.6) is 5.75 Å². The van der Waals surface area contributed by atoms with E-state index in [4.69, 9.17) is 4.74 Å². The first-order valence-corrected chi connectivity index (χ1v) is 7.15. The number of nitriles is 1. The standard InChI is InChI=1S/C17H19N3O/c1-3-9-19-17-14(11-18)10-15(12-20-17)13-5-7-16(8-6-13)21-4-2/h5-8,10,12H,3-4,9H2,1-2H3,(H,19,20). The van der Waals surface area contributed by atoms with Crippen molar-refractivity contribution >= 4 is 5.82 Å². The number of anilines is 1. The van der Waals surface area contributed by atoms with Crippen LogP contribution in [0, 0.1) is 11.3 Å². The number of rotatable bonds is 6. The third-order valence-electron chi connectivity index (χ3n) is 3.05. The molecule has 0 atom stereocenters. The van der Waals surface area contributed by atoms with Crippen LogP contribution in [-0.4, -0.2) is 18.1 Å². The SMILES string of the molecule is CCCNc1ncc(-c2ccc(OCC)cc2)cc1C#N. The van der Waals surface area contributed by atoms with E-state index in [0.717, 1.165) is 29.8 Å². The van der Waals surface area contributed by atoms with Crippen LogP contribution in [-0.2, 0) is 0 Å². The van der Waals surface area contributed by atoms with Gasteiger partial charge in [-0.05, 0) is 37.1 Å². The Morgan fingerprint density at radius 2 is 1.95 bits per heavy atom. The van der Waals surface area contributed by atoms with Crippen molar-refractivity contribution in [3.05, 3.63) is 42.1 Å². The zero-order chi connectivity index (χ0) is 15.1. The number of pyridine rings is 1. The normalized spacial score (nSPS) is 9.95.